The van der Waals surface area contributed by atoms with Gasteiger partial charge in [0.2, 0.25) is 0 Å². The molecule has 0 saturated heterocycles. The Labute approximate surface area is 73.0 Å². The van der Waals surface area contributed by atoms with Gasteiger partial charge >= 0.3 is 0 Å². The van der Waals surface area contributed by atoms with Gasteiger partial charge in [0.1, 0.15) is 0 Å². The number of pyridine rings is 1. The van der Waals surface area contributed by atoms with Crippen LogP contribution in [0.2, 0.25) is 0 Å². The highest BCUT2D eigenvalue weighted by Gasteiger charge is 2.19. The second-order valence-corrected chi connectivity index (χ2v) is 2.28. The average Bonchev–Trinajstić information content (AvgIpc) is 2.04. The molecule has 0 amide bonds. The second kappa shape index (κ2) is 3.42. The first-order valence-corrected chi connectivity index (χ1v) is 3.37. The minimum atomic E-state index is -2.85. The Morgan fingerprint density at radius 3 is 2.69 bits per heavy atom. The summed E-state index contributed by atoms with van der Waals surface area (Å²) in [6, 6.07) is 0. The highest BCUT2D eigenvalue weighted by atomic mass is 19.3. The second-order valence-electron chi connectivity index (χ2n) is 2.28. The molecule has 0 aliphatic rings. The van der Waals surface area contributed by atoms with Gasteiger partial charge in [-0.2, -0.15) is 0 Å². The lowest BCUT2D eigenvalue weighted by Crippen LogP contribution is -1.98. The van der Waals surface area contributed by atoms with Gasteiger partial charge in [-0.25, -0.2) is 13.8 Å². The molecule has 1 rings (SSSR count). The third-order valence-electron chi connectivity index (χ3n) is 1.47. The maximum Gasteiger partial charge on any atom is 0.284 e. The Morgan fingerprint density at radius 2 is 2.23 bits per heavy atom. The van der Waals surface area contributed by atoms with Gasteiger partial charge in [-0.05, 0) is 0 Å². The number of ether oxygens (including phenoxy) is 1. The first-order valence-electron chi connectivity index (χ1n) is 3.37. The van der Waals surface area contributed by atoms with Crippen LogP contribution in [0.1, 0.15) is 12.1 Å². The van der Waals surface area contributed by atoms with Crippen molar-refractivity contribution in [1.29, 1.82) is 0 Å². The van der Waals surface area contributed by atoms with Crippen LogP contribution >= 0.6 is 0 Å². The van der Waals surface area contributed by atoms with Crippen molar-refractivity contribution in [2.45, 2.75) is 6.43 Å². The minimum Gasteiger partial charge on any atom is -0.503 e. The molecule has 72 valence electrons. The van der Waals surface area contributed by atoms with Crippen LogP contribution in [0.25, 0.3) is 0 Å². The van der Waals surface area contributed by atoms with E-state index in [1.165, 1.54) is 7.11 Å². The Bertz CT molecular complexity index is 318. The van der Waals surface area contributed by atoms with Gasteiger partial charge < -0.3 is 15.6 Å². The topological polar surface area (TPSA) is 68.4 Å². The third-order valence-corrected chi connectivity index (χ3v) is 1.47. The summed E-state index contributed by atoms with van der Waals surface area (Å²) in [5, 5.41) is 9.19. The van der Waals surface area contributed by atoms with E-state index in [9.17, 15) is 13.9 Å². The zero-order chi connectivity index (χ0) is 10.0. The molecule has 1 heterocycles. The number of halogens is 2. The predicted octanol–water partition coefficient (Wildman–Crippen LogP) is 1.32. The monoisotopic (exact) mass is 190 g/mol. The standard InChI is InChI=1S/C7H8F2N2O2/c1-13-6-3(10)2-11-4(5(6)12)7(8)9/h2,7,12H,10H2,1H3. The van der Waals surface area contributed by atoms with Crippen LogP contribution in [0.5, 0.6) is 11.5 Å². The maximum atomic E-state index is 12.2. The summed E-state index contributed by atoms with van der Waals surface area (Å²) < 4.78 is 28.9. The molecule has 1 aromatic heterocycles. The van der Waals surface area contributed by atoms with E-state index in [0.717, 1.165) is 6.20 Å². The molecule has 0 spiro atoms. The van der Waals surface area contributed by atoms with Gasteiger partial charge in [-0.1, -0.05) is 0 Å². The van der Waals surface area contributed by atoms with E-state index in [0.29, 0.717) is 0 Å². The molecule has 3 N–H and O–H groups in total. The Balaban J connectivity index is 3.27. The summed E-state index contributed by atoms with van der Waals surface area (Å²) >= 11 is 0. The maximum absolute atomic E-state index is 12.2. The van der Waals surface area contributed by atoms with E-state index in [-0.39, 0.29) is 11.4 Å². The van der Waals surface area contributed by atoms with E-state index < -0.39 is 17.9 Å². The van der Waals surface area contributed by atoms with Crippen molar-refractivity contribution in [2.75, 3.05) is 12.8 Å². The third kappa shape index (κ3) is 1.61. The lowest BCUT2D eigenvalue weighted by Gasteiger charge is -2.09. The number of nitrogen functional groups attached to an aromatic ring is 1. The number of hydrogen-bond acceptors (Lipinski definition) is 4. The number of methoxy groups -OCH3 is 1. The van der Waals surface area contributed by atoms with E-state index in [1.807, 2.05) is 0 Å². The lowest BCUT2D eigenvalue weighted by molar-refractivity contribution is 0.141. The molecule has 0 atom stereocenters. The number of nitrogens with two attached hydrogens (primary N) is 1. The first kappa shape index (κ1) is 9.50. The van der Waals surface area contributed by atoms with E-state index in [2.05, 4.69) is 9.72 Å². The van der Waals surface area contributed by atoms with E-state index in [1.54, 1.807) is 0 Å². The van der Waals surface area contributed by atoms with Gasteiger partial charge in [0.25, 0.3) is 6.43 Å². The lowest BCUT2D eigenvalue weighted by atomic mass is 10.3. The zero-order valence-electron chi connectivity index (χ0n) is 6.79. The van der Waals surface area contributed by atoms with Crippen molar-refractivity contribution in [3.8, 4) is 11.5 Å². The Kier molecular flexibility index (Phi) is 2.50. The van der Waals surface area contributed by atoms with Crippen LogP contribution in [-0.4, -0.2) is 17.2 Å². The van der Waals surface area contributed by atoms with Gasteiger partial charge in [-0.15, -0.1) is 0 Å². The SMILES string of the molecule is COc1c(N)cnc(C(F)F)c1O. The molecule has 0 aliphatic carbocycles. The summed E-state index contributed by atoms with van der Waals surface area (Å²) in [4.78, 5) is 3.28. The number of hydrogen-bond donors (Lipinski definition) is 2. The summed E-state index contributed by atoms with van der Waals surface area (Å²) in [5.41, 5.74) is 4.60. The normalized spacial score (nSPS) is 10.5. The molecule has 6 heteroatoms. The molecule has 4 nitrogen and oxygen atoms in total. The van der Waals surface area contributed by atoms with Crippen molar-refractivity contribution >= 4 is 5.69 Å². The highest BCUT2D eigenvalue weighted by Crippen LogP contribution is 2.37. The smallest absolute Gasteiger partial charge is 0.284 e. The molecule has 0 aromatic carbocycles. The quantitative estimate of drug-likeness (QED) is 0.737. The summed E-state index contributed by atoms with van der Waals surface area (Å²) in [7, 11) is 1.22. The number of aromatic nitrogens is 1. The fourth-order valence-electron chi connectivity index (χ4n) is 0.886. The minimum absolute atomic E-state index is 0.0180. The van der Waals surface area contributed by atoms with Crippen molar-refractivity contribution < 1.29 is 18.6 Å². The summed E-state index contributed by atoms with van der Waals surface area (Å²) in [6.45, 7) is 0. The van der Waals surface area contributed by atoms with Crippen LogP contribution in [0, 0.1) is 0 Å². The zero-order valence-corrected chi connectivity index (χ0v) is 6.79. The van der Waals surface area contributed by atoms with Crippen LogP contribution in [0.3, 0.4) is 0 Å². The molecule has 0 saturated carbocycles. The summed E-state index contributed by atoms with van der Waals surface area (Å²) in [6.07, 6.45) is -1.84. The van der Waals surface area contributed by atoms with Crippen molar-refractivity contribution in [3.05, 3.63) is 11.9 Å². The van der Waals surface area contributed by atoms with Crippen LogP contribution < -0.4 is 10.5 Å². The number of anilines is 1. The van der Waals surface area contributed by atoms with E-state index in [4.69, 9.17) is 5.73 Å². The van der Waals surface area contributed by atoms with Gasteiger partial charge in [0.05, 0.1) is 19.0 Å². The van der Waals surface area contributed by atoms with Gasteiger partial charge in [0.15, 0.2) is 17.2 Å². The van der Waals surface area contributed by atoms with Crippen molar-refractivity contribution in [2.24, 2.45) is 0 Å². The van der Waals surface area contributed by atoms with Gasteiger partial charge in [-0.3, -0.25) is 0 Å². The fraction of sp³-hybridized carbons (Fsp3) is 0.286. The van der Waals surface area contributed by atoms with E-state index >= 15 is 0 Å². The predicted molar refractivity (Wildman–Crippen MR) is 41.8 cm³/mol. The molecule has 0 bridgehead atoms. The van der Waals surface area contributed by atoms with Crippen LogP contribution in [0.4, 0.5) is 14.5 Å². The highest BCUT2D eigenvalue weighted by molar-refractivity contribution is 5.59. The fourth-order valence-corrected chi connectivity index (χ4v) is 0.886. The number of aromatic hydroxyl groups is 1. The Morgan fingerprint density at radius 1 is 1.62 bits per heavy atom. The molecule has 1 aromatic rings. The van der Waals surface area contributed by atoms with Crippen molar-refractivity contribution in [3.63, 3.8) is 0 Å². The average molecular weight is 190 g/mol. The number of alkyl halides is 2. The largest absolute Gasteiger partial charge is 0.503 e. The van der Waals surface area contributed by atoms with Crippen LogP contribution in [0.15, 0.2) is 6.20 Å². The molecule has 13 heavy (non-hydrogen) atoms. The Hall–Kier alpha value is -1.59. The molecule has 0 unspecified atom stereocenters. The first-order chi connectivity index (χ1) is 6.07. The number of rotatable bonds is 2. The number of nitrogens with zero attached hydrogens (tertiary/aromatic N) is 1. The molecular formula is C7H8F2N2O2. The van der Waals surface area contributed by atoms with Crippen molar-refractivity contribution in [1.82, 2.24) is 4.98 Å². The molecular weight excluding hydrogens is 182 g/mol. The van der Waals surface area contributed by atoms with Crippen LogP contribution in [-0.2, 0) is 0 Å². The molecule has 0 aliphatic heterocycles. The molecule has 0 fully saturated rings. The summed E-state index contributed by atoms with van der Waals surface area (Å²) in [5.74, 6) is -0.886. The van der Waals surface area contributed by atoms with Gasteiger partial charge in [0, 0.05) is 0 Å². The molecule has 0 radical (unpaired) electrons.